The summed E-state index contributed by atoms with van der Waals surface area (Å²) < 4.78 is 5.73. The number of amides is 2. The fourth-order valence-corrected chi connectivity index (χ4v) is 4.73. The van der Waals surface area contributed by atoms with Crippen molar-refractivity contribution in [2.75, 3.05) is 54.6 Å². The lowest BCUT2D eigenvalue weighted by Gasteiger charge is -2.35. The number of nitrogens with zero attached hydrogens (tertiary/aromatic N) is 5. The number of ether oxygens (including phenoxy) is 1. The fraction of sp³-hybridized carbons (Fsp3) is 0.250. The molecule has 1 aromatic heterocycles. The summed E-state index contributed by atoms with van der Waals surface area (Å²) in [5, 5.41) is 12.8. The van der Waals surface area contributed by atoms with E-state index in [1.807, 2.05) is 24.3 Å². The molecule has 3 aromatic rings. The summed E-state index contributed by atoms with van der Waals surface area (Å²) in [5.41, 5.74) is 2.37. The van der Waals surface area contributed by atoms with Gasteiger partial charge in [0.05, 0.1) is 15.7 Å². The lowest BCUT2D eigenvalue weighted by molar-refractivity contribution is -0.134. The number of hydrogen-bond acceptors (Lipinski definition) is 8. The van der Waals surface area contributed by atoms with Gasteiger partial charge in [-0.1, -0.05) is 29.3 Å². The van der Waals surface area contributed by atoms with E-state index in [0.717, 1.165) is 11.4 Å². The number of halogens is 2. The lowest BCUT2D eigenvalue weighted by Crippen LogP contribution is -2.49. The number of carbonyl (C=O) groups is 2. The van der Waals surface area contributed by atoms with Crippen molar-refractivity contribution in [2.45, 2.75) is 0 Å². The van der Waals surface area contributed by atoms with Crippen LogP contribution in [0.5, 0.6) is 5.88 Å². The van der Waals surface area contributed by atoms with E-state index in [0.29, 0.717) is 41.9 Å². The van der Waals surface area contributed by atoms with Crippen LogP contribution in [0.25, 0.3) is 0 Å². The van der Waals surface area contributed by atoms with Crippen LogP contribution >= 0.6 is 23.2 Å². The fourth-order valence-electron chi connectivity index (χ4n) is 4.12. The molecule has 0 unspecified atom stereocenters. The van der Waals surface area contributed by atoms with Crippen molar-refractivity contribution < 1.29 is 19.4 Å². The van der Waals surface area contributed by atoms with Gasteiger partial charge in [0.15, 0.2) is 6.73 Å². The molecule has 1 saturated heterocycles. The summed E-state index contributed by atoms with van der Waals surface area (Å²) in [6, 6.07) is 12.7. The third kappa shape index (κ3) is 4.75. The first kappa shape index (κ1) is 24.1. The van der Waals surface area contributed by atoms with Crippen LogP contribution < -0.4 is 19.9 Å². The van der Waals surface area contributed by atoms with E-state index < -0.39 is 6.61 Å². The summed E-state index contributed by atoms with van der Waals surface area (Å²) in [6.45, 7) is 1.97. The molecular weight excluding hydrogens is 507 g/mol. The number of aliphatic hydroxyl groups excluding tert-OH is 1. The molecule has 0 bridgehead atoms. The normalized spacial score (nSPS) is 15.4. The Hall–Kier alpha value is -3.60. The van der Waals surface area contributed by atoms with Crippen LogP contribution in [0.1, 0.15) is 10.4 Å². The van der Waals surface area contributed by atoms with Crippen LogP contribution in [0.4, 0.5) is 23.0 Å². The number of anilines is 4. The van der Waals surface area contributed by atoms with Crippen molar-refractivity contribution >= 4 is 58.0 Å². The molecule has 36 heavy (non-hydrogen) atoms. The predicted octanol–water partition coefficient (Wildman–Crippen LogP) is 3.16. The van der Waals surface area contributed by atoms with Gasteiger partial charge in [0.1, 0.15) is 12.2 Å². The van der Waals surface area contributed by atoms with Gasteiger partial charge in [-0.2, -0.15) is 4.98 Å². The van der Waals surface area contributed by atoms with E-state index in [4.69, 9.17) is 33.0 Å². The molecule has 5 rings (SSSR count). The number of para-hydroxylation sites is 1. The molecule has 0 spiro atoms. The minimum Gasteiger partial charge on any atom is -0.455 e. The number of rotatable bonds is 5. The van der Waals surface area contributed by atoms with Gasteiger partial charge in [-0.3, -0.25) is 14.5 Å². The molecule has 0 radical (unpaired) electrons. The number of nitrogens with one attached hydrogen (secondary N) is 1. The standard InChI is InChI=1S/C24H22Cl2N6O4/c25-18-2-1-3-19(26)21(18)32-14-36-22-17(23(32)35)12-27-24(29-22)28-15-4-6-16(7-5-15)30-8-10-31(11-9-30)20(34)13-33/h1-7,12,33H,8-11,13-14H2,(H,27,28,29). The van der Waals surface area contributed by atoms with Gasteiger partial charge in [-0.15, -0.1) is 0 Å². The van der Waals surface area contributed by atoms with Crippen molar-refractivity contribution in [1.29, 1.82) is 0 Å². The third-order valence-electron chi connectivity index (χ3n) is 6.02. The summed E-state index contributed by atoms with van der Waals surface area (Å²) in [7, 11) is 0. The molecule has 0 aliphatic carbocycles. The van der Waals surface area contributed by atoms with Gasteiger partial charge in [-0.05, 0) is 36.4 Å². The monoisotopic (exact) mass is 528 g/mol. The Bertz CT molecular complexity index is 1280. The number of carbonyl (C=O) groups excluding carboxylic acids is 2. The first-order chi connectivity index (χ1) is 17.4. The largest absolute Gasteiger partial charge is 0.455 e. The summed E-state index contributed by atoms with van der Waals surface area (Å²) in [4.78, 5) is 38.5. The van der Waals surface area contributed by atoms with Gasteiger partial charge in [0.25, 0.3) is 5.91 Å². The molecule has 1 fully saturated rings. The molecule has 12 heteroatoms. The first-order valence-electron chi connectivity index (χ1n) is 11.2. The Labute approximate surface area is 217 Å². The zero-order valence-electron chi connectivity index (χ0n) is 19.0. The highest BCUT2D eigenvalue weighted by atomic mass is 35.5. The average Bonchev–Trinajstić information content (AvgIpc) is 2.90. The highest BCUT2D eigenvalue weighted by molar-refractivity contribution is 6.40. The Balaban J connectivity index is 1.25. The smallest absolute Gasteiger partial charge is 0.268 e. The number of aliphatic hydroxyl groups is 1. The molecule has 2 amide bonds. The van der Waals surface area contributed by atoms with E-state index in [1.54, 1.807) is 23.1 Å². The Kier molecular flexibility index (Phi) is 6.82. The minimum absolute atomic E-state index is 0.0857. The molecule has 10 nitrogen and oxygen atoms in total. The van der Waals surface area contributed by atoms with Crippen LogP contribution in [-0.2, 0) is 4.79 Å². The quantitative estimate of drug-likeness (QED) is 0.519. The van der Waals surface area contributed by atoms with Crippen LogP contribution in [0, 0.1) is 0 Å². The average molecular weight is 529 g/mol. The van der Waals surface area contributed by atoms with E-state index in [1.165, 1.54) is 11.1 Å². The van der Waals surface area contributed by atoms with Crippen molar-refractivity contribution in [2.24, 2.45) is 0 Å². The van der Waals surface area contributed by atoms with Crippen molar-refractivity contribution in [3.8, 4) is 5.88 Å². The number of aromatic nitrogens is 2. The zero-order chi connectivity index (χ0) is 25.2. The molecule has 0 saturated carbocycles. The van der Waals surface area contributed by atoms with E-state index in [9.17, 15) is 9.59 Å². The molecule has 3 heterocycles. The van der Waals surface area contributed by atoms with Gasteiger partial charge >= 0.3 is 0 Å². The van der Waals surface area contributed by atoms with E-state index in [2.05, 4.69) is 20.2 Å². The molecular formula is C24H22Cl2N6O4. The van der Waals surface area contributed by atoms with Crippen molar-refractivity contribution in [3.05, 3.63) is 64.3 Å². The second kappa shape index (κ2) is 10.2. The molecule has 2 N–H and O–H groups in total. The Morgan fingerprint density at radius 1 is 1.06 bits per heavy atom. The Morgan fingerprint density at radius 3 is 2.42 bits per heavy atom. The molecule has 186 valence electrons. The number of benzene rings is 2. The van der Waals surface area contributed by atoms with E-state index >= 15 is 0 Å². The zero-order valence-corrected chi connectivity index (χ0v) is 20.5. The lowest BCUT2D eigenvalue weighted by atomic mass is 10.2. The summed E-state index contributed by atoms with van der Waals surface area (Å²) in [5.74, 6) is -0.147. The van der Waals surface area contributed by atoms with Gasteiger partial charge in [-0.25, -0.2) is 4.98 Å². The van der Waals surface area contributed by atoms with Gasteiger partial charge in [0, 0.05) is 43.8 Å². The topological polar surface area (TPSA) is 111 Å². The maximum absolute atomic E-state index is 13.0. The van der Waals surface area contributed by atoms with Gasteiger partial charge in [0.2, 0.25) is 17.7 Å². The third-order valence-corrected chi connectivity index (χ3v) is 6.63. The van der Waals surface area contributed by atoms with E-state index in [-0.39, 0.29) is 35.9 Å². The second-order valence-electron chi connectivity index (χ2n) is 8.19. The van der Waals surface area contributed by atoms with Gasteiger partial charge < -0.3 is 25.0 Å². The highest BCUT2D eigenvalue weighted by Crippen LogP contribution is 2.37. The number of piperazine rings is 1. The van der Waals surface area contributed by atoms with Crippen LogP contribution in [0.15, 0.2) is 48.7 Å². The minimum atomic E-state index is -0.460. The first-order valence-corrected chi connectivity index (χ1v) is 12.0. The van der Waals surface area contributed by atoms with Crippen LogP contribution in [0.2, 0.25) is 10.0 Å². The van der Waals surface area contributed by atoms with Crippen LogP contribution in [0.3, 0.4) is 0 Å². The van der Waals surface area contributed by atoms with Crippen molar-refractivity contribution in [3.63, 3.8) is 0 Å². The second-order valence-corrected chi connectivity index (χ2v) is 9.00. The maximum atomic E-state index is 13.0. The predicted molar refractivity (Wildman–Crippen MR) is 136 cm³/mol. The SMILES string of the molecule is O=C(CO)N1CCN(c2ccc(Nc3ncc4c(n3)OCN(c3c(Cl)cccc3Cl)C4=O)cc2)CC1. The summed E-state index contributed by atoms with van der Waals surface area (Å²) >= 11 is 12.5. The molecule has 0 atom stereocenters. The summed E-state index contributed by atoms with van der Waals surface area (Å²) in [6.07, 6.45) is 1.41. The van der Waals surface area contributed by atoms with Crippen molar-refractivity contribution in [1.82, 2.24) is 14.9 Å². The van der Waals surface area contributed by atoms with Crippen LogP contribution in [-0.4, -0.2) is 71.3 Å². The Morgan fingerprint density at radius 2 is 1.75 bits per heavy atom. The number of fused-ring (bicyclic) bond motifs is 1. The maximum Gasteiger partial charge on any atom is 0.268 e. The highest BCUT2D eigenvalue weighted by Gasteiger charge is 2.31. The molecule has 2 aliphatic rings. The molecule has 2 aromatic carbocycles. The number of hydrogen-bond donors (Lipinski definition) is 2. The molecule has 2 aliphatic heterocycles.